The minimum atomic E-state index is -4.49. The third kappa shape index (κ3) is 8.36. The molecule has 246 valence electrons. The average molecular weight is 657 g/mol. The molecule has 0 bridgehead atoms. The third-order valence-corrected chi connectivity index (χ3v) is 7.35. The van der Waals surface area contributed by atoms with E-state index in [2.05, 4.69) is 30.9 Å². The lowest BCUT2D eigenvalue weighted by atomic mass is 10.0. The van der Waals surface area contributed by atoms with E-state index >= 15 is 0 Å². The van der Waals surface area contributed by atoms with Crippen LogP contribution in [0.5, 0.6) is 0 Å². The molecule has 3 aromatic heterocycles. The number of carbonyl (C=O) groups is 3. The molecule has 0 aliphatic heterocycles. The van der Waals surface area contributed by atoms with E-state index < -0.39 is 41.6 Å². The third-order valence-electron chi connectivity index (χ3n) is 7.35. The van der Waals surface area contributed by atoms with Crippen LogP contribution in [0.4, 0.5) is 19.0 Å². The average Bonchev–Trinajstić information content (AvgIpc) is 3.08. The van der Waals surface area contributed by atoms with Gasteiger partial charge in [-0.1, -0.05) is 18.2 Å². The van der Waals surface area contributed by atoms with Crippen LogP contribution in [-0.2, 0) is 11.0 Å². The molecule has 0 aliphatic rings. The van der Waals surface area contributed by atoms with E-state index in [-0.39, 0.29) is 22.6 Å². The zero-order valence-electron chi connectivity index (χ0n) is 25.7. The summed E-state index contributed by atoms with van der Waals surface area (Å²) in [6.45, 7) is 1.99. The number of halogens is 3. The van der Waals surface area contributed by atoms with E-state index in [1.165, 1.54) is 36.7 Å². The molecule has 0 fully saturated rings. The SMILES string of the molecule is CC(O)CCCNC(=O)[C@@H](NC(=O)c1ccc2nc(NC(=O)c3cccnc3-c3ccc(C(F)(F)F)cc3)ccc2c1)c1ccccn1. The van der Waals surface area contributed by atoms with Gasteiger partial charge >= 0.3 is 6.18 Å². The molecule has 0 aliphatic carbocycles. The molecular weight excluding hydrogens is 625 g/mol. The van der Waals surface area contributed by atoms with Gasteiger partial charge in [0.05, 0.1) is 34.1 Å². The molecule has 4 N–H and O–H groups in total. The summed E-state index contributed by atoms with van der Waals surface area (Å²) in [7, 11) is 0. The molecule has 0 spiro atoms. The van der Waals surface area contributed by atoms with Gasteiger partial charge in [0.2, 0.25) is 5.91 Å². The normalized spacial score (nSPS) is 12.6. The predicted octanol–water partition coefficient (Wildman–Crippen LogP) is 5.71. The largest absolute Gasteiger partial charge is 0.416 e. The molecule has 2 atom stereocenters. The van der Waals surface area contributed by atoms with E-state index in [1.54, 1.807) is 55.5 Å². The summed E-state index contributed by atoms with van der Waals surface area (Å²) >= 11 is 0. The molecule has 10 nitrogen and oxygen atoms in total. The summed E-state index contributed by atoms with van der Waals surface area (Å²) in [6.07, 6.45) is -0.931. The first-order valence-electron chi connectivity index (χ1n) is 15.0. The highest BCUT2D eigenvalue weighted by Crippen LogP contribution is 2.31. The van der Waals surface area contributed by atoms with Crippen LogP contribution in [-0.4, -0.2) is 50.4 Å². The Labute approximate surface area is 273 Å². The van der Waals surface area contributed by atoms with Crippen molar-refractivity contribution < 1.29 is 32.7 Å². The molecule has 5 aromatic rings. The highest BCUT2D eigenvalue weighted by Gasteiger charge is 2.30. The van der Waals surface area contributed by atoms with E-state index in [1.807, 2.05) is 0 Å². The zero-order valence-corrected chi connectivity index (χ0v) is 25.7. The van der Waals surface area contributed by atoms with E-state index in [0.29, 0.717) is 41.5 Å². The number of benzene rings is 2. The summed E-state index contributed by atoms with van der Waals surface area (Å²) in [6, 6.07) is 19.4. The maximum absolute atomic E-state index is 13.3. The number of carbonyl (C=O) groups excluding carboxylic acids is 3. The minimum Gasteiger partial charge on any atom is -0.393 e. The van der Waals surface area contributed by atoms with Crippen molar-refractivity contribution in [3.05, 3.63) is 120 Å². The first kappa shape index (κ1) is 33.7. The summed E-state index contributed by atoms with van der Waals surface area (Å²) < 4.78 is 39.1. The van der Waals surface area contributed by atoms with Gasteiger partial charge in [0.25, 0.3) is 11.8 Å². The van der Waals surface area contributed by atoms with Gasteiger partial charge in [0, 0.05) is 35.5 Å². The van der Waals surface area contributed by atoms with Crippen LogP contribution in [0, 0.1) is 0 Å². The Balaban J connectivity index is 1.30. The van der Waals surface area contributed by atoms with E-state index in [0.717, 1.165) is 12.1 Å². The van der Waals surface area contributed by atoms with Crippen molar-refractivity contribution in [3.63, 3.8) is 0 Å². The lowest BCUT2D eigenvalue weighted by Crippen LogP contribution is -2.41. The number of fused-ring (bicyclic) bond motifs is 1. The maximum atomic E-state index is 13.3. The van der Waals surface area contributed by atoms with Crippen LogP contribution in [0.15, 0.2) is 97.3 Å². The molecule has 0 saturated heterocycles. The number of alkyl halides is 3. The standard InChI is InChI=1S/C35H31F3N6O4/c1-21(45)6-4-19-41-34(48)31(28-8-2-3-17-39-28)44-32(46)24-11-15-27-23(20-24)12-16-29(42-27)43-33(47)26-7-5-18-40-30(26)22-9-13-25(14-10-22)35(36,37)38/h2-3,5,7-18,20-21,31,45H,4,6,19H2,1H3,(H,41,48)(H,44,46)(H,42,43,47)/t21?,31-/m0/s1. The summed E-state index contributed by atoms with van der Waals surface area (Å²) in [5, 5.41) is 18.3. The highest BCUT2D eigenvalue weighted by molar-refractivity contribution is 6.08. The van der Waals surface area contributed by atoms with Crippen molar-refractivity contribution in [2.24, 2.45) is 0 Å². The molecule has 0 saturated carbocycles. The Morgan fingerprint density at radius 2 is 1.65 bits per heavy atom. The topological polar surface area (TPSA) is 146 Å². The monoisotopic (exact) mass is 656 g/mol. The minimum absolute atomic E-state index is 0.139. The smallest absolute Gasteiger partial charge is 0.393 e. The van der Waals surface area contributed by atoms with Crippen molar-refractivity contribution in [2.75, 3.05) is 11.9 Å². The first-order valence-corrected chi connectivity index (χ1v) is 15.0. The number of aromatic nitrogens is 3. The van der Waals surface area contributed by atoms with Crippen LogP contribution in [0.1, 0.15) is 57.8 Å². The van der Waals surface area contributed by atoms with Crippen LogP contribution in [0.25, 0.3) is 22.2 Å². The van der Waals surface area contributed by atoms with Gasteiger partial charge in [-0.25, -0.2) is 4.98 Å². The van der Waals surface area contributed by atoms with Gasteiger partial charge in [-0.3, -0.25) is 24.4 Å². The number of nitrogens with zero attached hydrogens (tertiary/aromatic N) is 3. The second-order valence-electron chi connectivity index (χ2n) is 11.0. The Morgan fingerprint density at radius 1 is 0.875 bits per heavy atom. The second kappa shape index (κ2) is 14.8. The summed E-state index contributed by atoms with van der Waals surface area (Å²) in [5.41, 5.74) is 0.962. The van der Waals surface area contributed by atoms with Crippen molar-refractivity contribution in [1.29, 1.82) is 0 Å². The quantitative estimate of drug-likeness (QED) is 0.133. The van der Waals surface area contributed by atoms with Crippen molar-refractivity contribution >= 4 is 34.4 Å². The van der Waals surface area contributed by atoms with Gasteiger partial charge in [0.1, 0.15) is 5.82 Å². The van der Waals surface area contributed by atoms with Gasteiger partial charge in [-0.15, -0.1) is 0 Å². The number of rotatable bonds is 11. The van der Waals surface area contributed by atoms with Gasteiger partial charge in [0.15, 0.2) is 6.04 Å². The van der Waals surface area contributed by atoms with Crippen LogP contribution < -0.4 is 16.0 Å². The Kier molecular flexibility index (Phi) is 10.4. The molecule has 5 rings (SSSR count). The van der Waals surface area contributed by atoms with Gasteiger partial charge in [-0.05, 0) is 86.5 Å². The number of nitrogens with one attached hydrogen (secondary N) is 3. The Morgan fingerprint density at radius 3 is 2.35 bits per heavy atom. The Hall–Kier alpha value is -5.69. The number of amides is 3. The van der Waals surface area contributed by atoms with Crippen LogP contribution >= 0.6 is 0 Å². The van der Waals surface area contributed by atoms with Gasteiger partial charge in [-0.2, -0.15) is 13.2 Å². The molecule has 3 amide bonds. The summed E-state index contributed by atoms with van der Waals surface area (Å²) in [5.74, 6) is -1.32. The molecule has 2 aromatic carbocycles. The van der Waals surface area contributed by atoms with Gasteiger partial charge < -0.3 is 21.1 Å². The predicted molar refractivity (Wildman–Crippen MR) is 173 cm³/mol. The van der Waals surface area contributed by atoms with Crippen LogP contribution in [0.3, 0.4) is 0 Å². The number of aliphatic hydroxyl groups is 1. The molecular formula is C35H31F3N6O4. The molecule has 1 unspecified atom stereocenters. The lowest BCUT2D eigenvalue weighted by molar-refractivity contribution is -0.137. The number of hydrogen-bond donors (Lipinski definition) is 4. The number of pyridine rings is 3. The fourth-order valence-electron chi connectivity index (χ4n) is 4.90. The maximum Gasteiger partial charge on any atom is 0.416 e. The fourth-order valence-corrected chi connectivity index (χ4v) is 4.90. The zero-order chi connectivity index (χ0) is 34.3. The van der Waals surface area contributed by atoms with Crippen molar-refractivity contribution in [2.45, 2.75) is 38.1 Å². The number of aliphatic hydroxyl groups excluding tert-OH is 1. The molecule has 13 heteroatoms. The summed E-state index contributed by atoms with van der Waals surface area (Å²) in [4.78, 5) is 52.5. The molecule has 3 heterocycles. The molecule has 0 radical (unpaired) electrons. The van der Waals surface area contributed by atoms with Crippen molar-refractivity contribution in [3.8, 4) is 11.3 Å². The van der Waals surface area contributed by atoms with Crippen LogP contribution in [0.2, 0.25) is 0 Å². The number of hydrogen-bond acceptors (Lipinski definition) is 7. The Bertz CT molecular complexity index is 1920. The fraction of sp³-hybridized carbons (Fsp3) is 0.200. The highest BCUT2D eigenvalue weighted by atomic mass is 19.4. The molecule has 48 heavy (non-hydrogen) atoms. The van der Waals surface area contributed by atoms with Crippen molar-refractivity contribution in [1.82, 2.24) is 25.6 Å². The van der Waals surface area contributed by atoms with E-state index in [4.69, 9.17) is 0 Å². The van der Waals surface area contributed by atoms with E-state index in [9.17, 15) is 32.7 Å². The number of anilines is 1. The lowest BCUT2D eigenvalue weighted by Gasteiger charge is -2.18. The second-order valence-corrected chi connectivity index (χ2v) is 11.0. The first-order chi connectivity index (χ1) is 23.0.